The molecular formula is C9H20N4O2. The van der Waals surface area contributed by atoms with Gasteiger partial charge in [-0.2, -0.15) is 0 Å². The van der Waals surface area contributed by atoms with Gasteiger partial charge in [-0.05, 0) is 0 Å². The third kappa shape index (κ3) is 5.08. The van der Waals surface area contributed by atoms with Gasteiger partial charge in [-0.25, -0.2) is 5.06 Å². The number of likely N-dealkylation sites (N-methyl/N-ethyl adjacent to an activating group) is 1. The lowest BCUT2D eigenvalue weighted by Gasteiger charge is -2.21. The van der Waals surface area contributed by atoms with Crippen LogP contribution < -0.4 is 10.6 Å². The van der Waals surface area contributed by atoms with Gasteiger partial charge in [0.05, 0.1) is 6.54 Å². The van der Waals surface area contributed by atoms with E-state index in [1.165, 1.54) is 7.05 Å². The highest BCUT2D eigenvalue weighted by atomic mass is 16.5. The molecule has 0 atom stereocenters. The number of rotatable bonds is 2. The number of carbonyl (C=O) groups is 1. The second-order valence-corrected chi connectivity index (χ2v) is 3.69. The molecule has 88 valence electrons. The van der Waals surface area contributed by atoms with E-state index in [1.54, 1.807) is 0 Å². The molecule has 1 rings (SSSR count). The Labute approximate surface area is 90.2 Å². The van der Waals surface area contributed by atoms with Gasteiger partial charge in [0.2, 0.25) is 0 Å². The van der Waals surface area contributed by atoms with Gasteiger partial charge in [0.25, 0.3) is 5.91 Å². The Morgan fingerprint density at radius 1 is 1.27 bits per heavy atom. The Morgan fingerprint density at radius 3 is 2.27 bits per heavy atom. The van der Waals surface area contributed by atoms with Crippen LogP contribution in [0.15, 0.2) is 0 Å². The summed E-state index contributed by atoms with van der Waals surface area (Å²) in [6.07, 6.45) is 0. The molecule has 1 heterocycles. The van der Waals surface area contributed by atoms with Crippen molar-refractivity contribution in [2.45, 2.75) is 0 Å². The average Bonchev–Trinajstić information content (AvgIpc) is 2.31. The molecule has 15 heavy (non-hydrogen) atoms. The molecule has 0 aromatic heterocycles. The predicted molar refractivity (Wildman–Crippen MR) is 56.7 cm³/mol. The van der Waals surface area contributed by atoms with Crippen LogP contribution in [0, 0.1) is 0 Å². The zero-order valence-electron chi connectivity index (χ0n) is 9.20. The van der Waals surface area contributed by atoms with Crippen LogP contribution in [0.1, 0.15) is 0 Å². The first kappa shape index (κ1) is 12.4. The summed E-state index contributed by atoms with van der Waals surface area (Å²) in [6.45, 7) is 5.62. The number of nitrogens with zero attached hydrogens (tertiary/aromatic N) is 2. The van der Waals surface area contributed by atoms with E-state index < -0.39 is 0 Å². The van der Waals surface area contributed by atoms with Crippen LogP contribution in [0.5, 0.6) is 0 Å². The van der Waals surface area contributed by atoms with Crippen molar-refractivity contribution in [3.8, 4) is 0 Å². The summed E-state index contributed by atoms with van der Waals surface area (Å²) in [7, 11) is 1.36. The van der Waals surface area contributed by atoms with Crippen molar-refractivity contribution < 1.29 is 10.0 Å². The van der Waals surface area contributed by atoms with Crippen LogP contribution >= 0.6 is 0 Å². The predicted octanol–water partition coefficient (Wildman–Crippen LogP) is -1.67. The summed E-state index contributed by atoms with van der Waals surface area (Å²) in [5, 5.41) is 16.1. The fourth-order valence-electron chi connectivity index (χ4n) is 1.46. The topological polar surface area (TPSA) is 67.8 Å². The minimum Gasteiger partial charge on any atom is -0.314 e. The molecule has 0 aliphatic carbocycles. The molecule has 0 aromatic rings. The molecule has 6 heteroatoms. The minimum atomic E-state index is -0.269. The van der Waals surface area contributed by atoms with E-state index in [2.05, 4.69) is 10.6 Å². The van der Waals surface area contributed by atoms with Gasteiger partial charge in [0.15, 0.2) is 0 Å². The van der Waals surface area contributed by atoms with Crippen LogP contribution in [-0.4, -0.2) is 73.9 Å². The Balaban J connectivity index is 2.33. The largest absolute Gasteiger partial charge is 0.314 e. The Hall–Kier alpha value is -0.690. The Kier molecular flexibility index (Phi) is 5.56. The molecule has 3 N–H and O–H groups in total. The first-order valence-electron chi connectivity index (χ1n) is 5.29. The van der Waals surface area contributed by atoms with E-state index in [9.17, 15) is 4.79 Å². The van der Waals surface area contributed by atoms with E-state index >= 15 is 0 Å². The number of hydroxylamine groups is 2. The van der Waals surface area contributed by atoms with E-state index in [0.717, 1.165) is 39.3 Å². The maximum atomic E-state index is 11.3. The summed E-state index contributed by atoms with van der Waals surface area (Å²) in [5.74, 6) is -0.269. The quantitative estimate of drug-likeness (QED) is 0.380. The molecule has 0 aromatic carbocycles. The first-order valence-corrected chi connectivity index (χ1v) is 5.29. The number of hydrogen-bond donors (Lipinski definition) is 3. The van der Waals surface area contributed by atoms with Crippen molar-refractivity contribution in [3.05, 3.63) is 0 Å². The van der Waals surface area contributed by atoms with Crippen molar-refractivity contribution in [3.63, 3.8) is 0 Å². The molecule has 0 saturated carbocycles. The van der Waals surface area contributed by atoms with E-state index in [4.69, 9.17) is 5.21 Å². The first-order chi connectivity index (χ1) is 7.20. The summed E-state index contributed by atoms with van der Waals surface area (Å²) in [4.78, 5) is 13.3. The maximum absolute atomic E-state index is 11.3. The van der Waals surface area contributed by atoms with Gasteiger partial charge in [-0.15, -0.1) is 0 Å². The smallest absolute Gasteiger partial charge is 0.259 e. The number of amides is 1. The average molecular weight is 216 g/mol. The normalized spacial score (nSPS) is 20.1. The van der Waals surface area contributed by atoms with Crippen molar-refractivity contribution in [1.82, 2.24) is 20.6 Å². The van der Waals surface area contributed by atoms with Gasteiger partial charge in [0, 0.05) is 46.3 Å². The standard InChI is InChI=1S/C9H20N4O2/c1-12(15)9(14)8-13-6-4-10-2-3-11-5-7-13/h10-11,15H,2-8H2,1H3. The number of hydrogen-bond acceptors (Lipinski definition) is 5. The second-order valence-electron chi connectivity index (χ2n) is 3.69. The van der Waals surface area contributed by atoms with Gasteiger partial charge < -0.3 is 10.6 Å². The van der Waals surface area contributed by atoms with Crippen molar-refractivity contribution in [2.75, 3.05) is 52.9 Å². The van der Waals surface area contributed by atoms with E-state index in [-0.39, 0.29) is 12.5 Å². The van der Waals surface area contributed by atoms with Crippen molar-refractivity contribution in [1.29, 1.82) is 0 Å². The summed E-state index contributed by atoms with van der Waals surface area (Å²) >= 11 is 0. The summed E-state index contributed by atoms with van der Waals surface area (Å²) in [5.41, 5.74) is 0. The number of carbonyl (C=O) groups excluding carboxylic acids is 1. The highest BCUT2D eigenvalue weighted by Gasteiger charge is 2.13. The lowest BCUT2D eigenvalue weighted by molar-refractivity contribution is -0.160. The fourth-order valence-corrected chi connectivity index (χ4v) is 1.46. The highest BCUT2D eigenvalue weighted by Crippen LogP contribution is 1.90. The van der Waals surface area contributed by atoms with Crippen molar-refractivity contribution >= 4 is 5.91 Å². The molecule has 0 radical (unpaired) electrons. The molecule has 0 bridgehead atoms. The van der Waals surface area contributed by atoms with E-state index in [1.807, 2.05) is 4.90 Å². The molecule has 0 unspecified atom stereocenters. The highest BCUT2D eigenvalue weighted by molar-refractivity contribution is 5.76. The molecule has 6 nitrogen and oxygen atoms in total. The third-order valence-corrected chi connectivity index (χ3v) is 2.41. The summed E-state index contributed by atoms with van der Waals surface area (Å²) in [6, 6.07) is 0. The molecule has 1 aliphatic heterocycles. The van der Waals surface area contributed by atoms with Gasteiger partial charge in [-0.3, -0.25) is 14.9 Å². The molecule has 1 fully saturated rings. The lowest BCUT2D eigenvalue weighted by Crippen LogP contribution is -2.41. The van der Waals surface area contributed by atoms with Crippen LogP contribution in [0.4, 0.5) is 0 Å². The Morgan fingerprint density at radius 2 is 1.80 bits per heavy atom. The molecule has 0 spiro atoms. The minimum absolute atomic E-state index is 0.269. The summed E-state index contributed by atoms with van der Waals surface area (Å²) < 4.78 is 0. The van der Waals surface area contributed by atoms with E-state index in [0.29, 0.717) is 5.06 Å². The molecule has 1 aliphatic rings. The van der Waals surface area contributed by atoms with Gasteiger partial charge >= 0.3 is 0 Å². The monoisotopic (exact) mass is 216 g/mol. The zero-order chi connectivity index (χ0) is 11.1. The molecular weight excluding hydrogens is 196 g/mol. The lowest BCUT2D eigenvalue weighted by atomic mass is 10.4. The van der Waals surface area contributed by atoms with Crippen LogP contribution in [0.3, 0.4) is 0 Å². The van der Waals surface area contributed by atoms with Crippen LogP contribution in [-0.2, 0) is 4.79 Å². The molecule has 1 amide bonds. The molecule has 1 saturated heterocycles. The third-order valence-electron chi connectivity index (χ3n) is 2.41. The SMILES string of the molecule is CN(O)C(=O)CN1CCNCCNCC1. The van der Waals surface area contributed by atoms with Crippen molar-refractivity contribution in [2.24, 2.45) is 0 Å². The van der Waals surface area contributed by atoms with Crippen LogP contribution in [0.2, 0.25) is 0 Å². The Bertz CT molecular complexity index is 189. The second kappa shape index (κ2) is 6.73. The van der Waals surface area contributed by atoms with Crippen LogP contribution in [0.25, 0.3) is 0 Å². The van der Waals surface area contributed by atoms with Gasteiger partial charge in [-0.1, -0.05) is 0 Å². The number of nitrogens with one attached hydrogen (secondary N) is 2. The maximum Gasteiger partial charge on any atom is 0.259 e. The van der Waals surface area contributed by atoms with Gasteiger partial charge in [0.1, 0.15) is 0 Å². The zero-order valence-corrected chi connectivity index (χ0v) is 9.20. The fraction of sp³-hybridized carbons (Fsp3) is 0.889.